The van der Waals surface area contributed by atoms with Crippen LogP contribution < -0.4 is 5.32 Å². The Balaban J connectivity index is 1.68. The van der Waals surface area contributed by atoms with Gasteiger partial charge in [-0.3, -0.25) is 9.97 Å². The Morgan fingerprint density at radius 3 is 2.93 bits per heavy atom. The topological polar surface area (TPSA) is 55.6 Å². The van der Waals surface area contributed by atoms with E-state index < -0.39 is 0 Å². The van der Waals surface area contributed by atoms with Crippen molar-refractivity contribution in [3.63, 3.8) is 0 Å². The highest BCUT2D eigenvalue weighted by Crippen LogP contribution is 1.89. The van der Waals surface area contributed by atoms with Gasteiger partial charge in [0.25, 0.3) is 0 Å². The van der Waals surface area contributed by atoms with Gasteiger partial charge in [0, 0.05) is 50.6 Å². The van der Waals surface area contributed by atoms with E-state index in [4.69, 9.17) is 0 Å². The zero-order valence-corrected chi connectivity index (χ0v) is 8.37. The predicted molar refractivity (Wildman–Crippen MR) is 56.0 cm³/mol. The van der Waals surface area contributed by atoms with E-state index in [1.54, 1.807) is 24.8 Å². The highest BCUT2D eigenvalue weighted by atomic mass is 15.0. The fourth-order valence-corrected chi connectivity index (χ4v) is 1.26. The molecule has 1 N–H and O–H groups in total. The summed E-state index contributed by atoms with van der Waals surface area (Å²) >= 11 is 0. The monoisotopic (exact) mass is 203 g/mol. The first-order chi connectivity index (χ1) is 7.45. The van der Waals surface area contributed by atoms with Crippen molar-refractivity contribution in [2.45, 2.75) is 13.1 Å². The number of hydrogen-bond acceptors (Lipinski definition) is 4. The first-order valence-electron chi connectivity index (χ1n) is 4.86. The molecule has 2 rings (SSSR count). The summed E-state index contributed by atoms with van der Waals surface area (Å²) in [6.45, 7) is 2.57. The molecule has 2 aromatic heterocycles. The van der Waals surface area contributed by atoms with Gasteiger partial charge in [0.05, 0.1) is 12.0 Å². The molecule has 0 fully saturated rings. The molecular weight excluding hydrogens is 190 g/mol. The van der Waals surface area contributed by atoms with Gasteiger partial charge in [0.1, 0.15) is 0 Å². The van der Waals surface area contributed by atoms with Crippen LogP contribution in [0.4, 0.5) is 0 Å². The van der Waals surface area contributed by atoms with Gasteiger partial charge in [-0.15, -0.1) is 0 Å². The van der Waals surface area contributed by atoms with Crippen LogP contribution >= 0.6 is 0 Å². The third kappa shape index (κ3) is 3.14. The van der Waals surface area contributed by atoms with E-state index in [9.17, 15) is 0 Å². The molecule has 2 aromatic rings. The number of rotatable bonds is 5. The van der Waals surface area contributed by atoms with Crippen molar-refractivity contribution in [2.24, 2.45) is 0 Å². The molecule has 0 unspecified atom stereocenters. The van der Waals surface area contributed by atoms with Gasteiger partial charge in [-0.1, -0.05) is 0 Å². The highest BCUT2D eigenvalue weighted by Gasteiger charge is 1.93. The lowest BCUT2D eigenvalue weighted by molar-refractivity contribution is 0.591. The molecule has 0 aliphatic rings. The molecule has 0 aliphatic carbocycles. The van der Waals surface area contributed by atoms with Crippen LogP contribution in [-0.2, 0) is 13.1 Å². The minimum absolute atomic E-state index is 0.753. The third-order valence-corrected chi connectivity index (χ3v) is 2.03. The summed E-state index contributed by atoms with van der Waals surface area (Å²) in [7, 11) is 0. The molecule has 0 radical (unpaired) electrons. The van der Waals surface area contributed by atoms with Gasteiger partial charge in [-0.05, 0) is 0 Å². The Morgan fingerprint density at radius 2 is 2.20 bits per heavy atom. The number of nitrogens with zero attached hydrogens (tertiary/aromatic N) is 4. The molecule has 78 valence electrons. The van der Waals surface area contributed by atoms with Crippen molar-refractivity contribution in [3.8, 4) is 0 Å². The lowest BCUT2D eigenvalue weighted by atomic mass is 10.4. The number of aromatic nitrogens is 4. The van der Waals surface area contributed by atoms with Crippen LogP contribution in [0.15, 0.2) is 37.3 Å². The van der Waals surface area contributed by atoms with Gasteiger partial charge in [0.2, 0.25) is 0 Å². The van der Waals surface area contributed by atoms with Crippen LogP contribution in [0.25, 0.3) is 0 Å². The zero-order chi connectivity index (χ0) is 10.3. The Morgan fingerprint density at radius 1 is 1.20 bits per heavy atom. The average molecular weight is 203 g/mol. The van der Waals surface area contributed by atoms with Crippen LogP contribution in [0.2, 0.25) is 0 Å². The maximum absolute atomic E-state index is 4.17. The lowest BCUT2D eigenvalue weighted by Crippen LogP contribution is -2.19. The highest BCUT2D eigenvalue weighted by molar-refractivity contribution is 4.93. The van der Waals surface area contributed by atoms with Crippen LogP contribution in [0.5, 0.6) is 0 Å². The zero-order valence-electron chi connectivity index (χ0n) is 8.37. The second-order valence-electron chi connectivity index (χ2n) is 3.17. The quantitative estimate of drug-likeness (QED) is 0.717. The van der Waals surface area contributed by atoms with Crippen molar-refractivity contribution in [1.82, 2.24) is 24.8 Å². The fourth-order valence-electron chi connectivity index (χ4n) is 1.26. The standard InChI is InChI=1S/C10H13N5/c1-2-14-10(7-11-1)8-12-3-5-15-6-4-13-9-15/h1-2,4,6-7,9,12H,3,5,8H2. The maximum atomic E-state index is 4.17. The predicted octanol–water partition coefficient (Wildman–Crippen LogP) is 0.463. The molecule has 0 aromatic carbocycles. The van der Waals surface area contributed by atoms with Gasteiger partial charge in [0.15, 0.2) is 0 Å². The summed E-state index contributed by atoms with van der Waals surface area (Å²) in [5, 5.41) is 3.29. The summed E-state index contributed by atoms with van der Waals surface area (Å²) < 4.78 is 2.03. The first kappa shape index (κ1) is 9.79. The third-order valence-electron chi connectivity index (χ3n) is 2.03. The summed E-state index contributed by atoms with van der Waals surface area (Å²) in [4.78, 5) is 12.1. The molecule has 15 heavy (non-hydrogen) atoms. The SMILES string of the molecule is c1cnc(CNCCn2ccnc2)cn1. The van der Waals surface area contributed by atoms with Crippen LogP contribution in [-0.4, -0.2) is 26.1 Å². The van der Waals surface area contributed by atoms with Crippen molar-refractivity contribution >= 4 is 0 Å². The number of imidazole rings is 1. The van der Waals surface area contributed by atoms with E-state index in [1.165, 1.54) is 0 Å². The van der Waals surface area contributed by atoms with E-state index in [1.807, 2.05) is 17.1 Å². The van der Waals surface area contributed by atoms with E-state index in [0.717, 1.165) is 25.3 Å². The molecular formula is C10H13N5. The van der Waals surface area contributed by atoms with Crippen LogP contribution in [0.3, 0.4) is 0 Å². The largest absolute Gasteiger partial charge is 0.336 e. The van der Waals surface area contributed by atoms with Crippen molar-refractivity contribution in [3.05, 3.63) is 43.0 Å². The molecule has 5 nitrogen and oxygen atoms in total. The summed E-state index contributed by atoms with van der Waals surface area (Å²) in [5.41, 5.74) is 0.961. The summed E-state index contributed by atoms with van der Waals surface area (Å²) in [5.74, 6) is 0. The normalized spacial score (nSPS) is 10.4. The van der Waals surface area contributed by atoms with Gasteiger partial charge in [-0.2, -0.15) is 0 Å². The minimum atomic E-state index is 0.753. The maximum Gasteiger partial charge on any atom is 0.0946 e. The fraction of sp³-hybridized carbons (Fsp3) is 0.300. The molecule has 0 spiro atoms. The summed E-state index contributed by atoms with van der Waals surface area (Å²) in [6.07, 6.45) is 10.7. The lowest BCUT2D eigenvalue weighted by Gasteiger charge is -2.04. The molecule has 5 heteroatoms. The minimum Gasteiger partial charge on any atom is -0.336 e. The van der Waals surface area contributed by atoms with Crippen molar-refractivity contribution in [1.29, 1.82) is 0 Å². The molecule has 0 atom stereocenters. The number of nitrogens with one attached hydrogen (secondary N) is 1. The Labute approximate surface area is 88.2 Å². The van der Waals surface area contributed by atoms with Gasteiger partial charge in [-0.25, -0.2) is 4.98 Å². The van der Waals surface area contributed by atoms with Crippen molar-refractivity contribution in [2.75, 3.05) is 6.54 Å². The van der Waals surface area contributed by atoms with Crippen LogP contribution in [0.1, 0.15) is 5.69 Å². The smallest absolute Gasteiger partial charge is 0.0946 e. The molecule has 0 saturated carbocycles. The van der Waals surface area contributed by atoms with E-state index in [-0.39, 0.29) is 0 Å². The van der Waals surface area contributed by atoms with E-state index in [2.05, 4.69) is 20.3 Å². The molecule has 0 saturated heterocycles. The molecule has 2 heterocycles. The van der Waals surface area contributed by atoms with E-state index in [0.29, 0.717) is 0 Å². The molecule has 0 amide bonds. The first-order valence-corrected chi connectivity index (χ1v) is 4.86. The Kier molecular flexibility index (Phi) is 3.40. The second-order valence-corrected chi connectivity index (χ2v) is 3.17. The second kappa shape index (κ2) is 5.21. The Hall–Kier alpha value is -1.75. The number of hydrogen-bond donors (Lipinski definition) is 1. The van der Waals surface area contributed by atoms with Crippen LogP contribution in [0, 0.1) is 0 Å². The van der Waals surface area contributed by atoms with E-state index >= 15 is 0 Å². The molecule has 0 aliphatic heterocycles. The van der Waals surface area contributed by atoms with Gasteiger partial charge >= 0.3 is 0 Å². The Bertz CT molecular complexity index is 370. The summed E-state index contributed by atoms with van der Waals surface area (Å²) in [6, 6.07) is 0. The average Bonchev–Trinajstić information content (AvgIpc) is 2.79. The van der Waals surface area contributed by atoms with Crippen molar-refractivity contribution < 1.29 is 0 Å². The molecule has 0 bridgehead atoms. The van der Waals surface area contributed by atoms with Gasteiger partial charge < -0.3 is 9.88 Å².